The third-order valence-electron chi connectivity index (χ3n) is 3.78. The van der Waals surface area contributed by atoms with Crippen molar-refractivity contribution in [3.05, 3.63) is 39.8 Å². The van der Waals surface area contributed by atoms with Crippen LogP contribution in [0.2, 0.25) is 0 Å². The Morgan fingerprint density at radius 2 is 2.33 bits per heavy atom. The first-order chi connectivity index (χ1) is 10.2. The van der Waals surface area contributed by atoms with Gasteiger partial charge in [-0.05, 0) is 19.9 Å². The number of nitrogens with zero attached hydrogens (tertiary/aromatic N) is 1. The predicted molar refractivity (Wildman–Crippen MR) is 84.2 cm³/mol. The number of methoxy groups -OCH3 is 1. The van der Waals surface area contributed by atoms with Crippen molar-refractivity contribution in [2.75, 3.05) is 13.7 Å². The fourth-order valence-corrected chi connectivity index (χ4v) is 3.43. The number of hydrogen-bond acceptors (Lipinski definition) is 5. The lowest BCUT2D eigenvalue weighted by atomic mass is 9.99. The number of thiazole rings is 1. The van der Waals surface area contributed by atoms with Crippen LogP contribution in [0.1, 0.15) is 40.9 Å². The number of nitrogens with one attached hydrogen (secondary N) is 1. The number of rotatable bonds is 4. The Hall–Kier alpha value is -1.59. The van der Waals surface area contributed by atoms with Crippen molar-refractivity contribution in [3.8, 4) is 11.5 Å². The maximum absolute atomic E-state index is 5.76. The summed E-state index contributed by atoms with van der Waals surface area (Å²) in [5.74, 6) is 1.76. The summed E-state index contributed by atoms with van der Waals surface area (Å²) in [4.78, 5) is 5.61. The van der Waals surface area contributed by atoms with E-state index in [0.717, 1.165) is 29.5 Å². The number of fused-ring (bicyclic) bond motifs is 1. The number of aromatic nitrogens is 1. The molecule has 1 aliphatic rings. The molecule has 0 bridgehead atoms. The van der Waals surface area contributed by atoms with Crippen LogP contribution in [0.25, 0.3) is 0 Å². The highest BCUT2D eigenvalue weighted by molar-refractivity contribution is 7.11. The summed E-state index contributed by atoms with van der Waals surface area (Å²) >= 11 is 1.75. The van der Waals surface area contributed by atoms with Crippen LogP contribution in [0.3, 0.4) is 0 Å². The van der Waals surface area contributed by atoms with Gasteiger partial charge in [0.2, 0.25) is 0 Å². The van der Waals surface area contributed by atoms with Crippen molar-refractivity contribution in [3.63, 3.8) is 0 Å². The highest BCUT2D eigenvalue weighted by Gasteiger charge is 2.24. The second kappa shape index (κ2) is 6.03. The van der Waals surface area contributed by atoms with Crippen molar-refractivity contribution >= 4 is 11.3 Å². The van der Waals surface area contributed by atoms with Crippen molar-refractivity contribution in [2.24, 2.45) is 0 Å². The predicted octanol–water partition coefficient (Wildman–Crippen LogP) is 3.63. The van der Waals surface area contributed by atoms with Crippen LogP contribution >= 0.6 is 11.3 Å². The molecule has 0 amide bonds. The summed E-state index contributed by atoms with van der Waals surface area (Å²) in [7, 11) is 1.68. The topological polar surface area (TPSA) is 43.4 Å². The Balaban J connectivity index is 1.78. The third-order valence-corrected chi connectivity index (χ3v) is 4.87. The first-order valence-electron chi connectivity index (χ1n) is 7.16. The summed E-state index contributed by atoms with van der Waals surface area (Å²) in [6, 6.07) is 6.63. The SMILES string of the molecule is COc1ccc2c(c1)OCC[C@H]2N[C@@H](C)c1cnc(C)s1. The van der Waals surface area contributed by atoms with E-state index in [1.807, 2.05) is 25.3 Å². The van der Waals surface area contributed by atoms with E-state index in [0.29, 0.717) is 6.04 Å². The van der Waals surface area contributed by atoms with Gasteiger partial charge in [0.15, 0.2) is 0 Å². The van der Waals surface area contributed by atoms with Crippen LogP contribution in [0.15, 0.2) is 24.4 Å². The second-order valence-electron chi connectivity index (χ2n) is 5.26. The molecule has 0 aliphatic carbocycles. The van der Waals surface area contributed by atoms with E-state index < -0.39 is 0 Å². The molecule has 3 rings (SSSR count). The molecule has 0 saturated heterocycles. The Morgan fingerprint density at radius 1 is 1.48 bits per heavy atom. The lowest BCUT2D eigenvalue weighted by molar-refractivity contribution is 0.245. The summed E-state index contributed by atoms with van der Waals surface area (Å²) in [6.45, 7) is 4.95. The number of benzene rings is 1. The zero-order valence-electron chi connectivity index (χ0n) is 12.6. The molecule has 1 aliphatic heterocycles. The summed E-state index contributed by atoms with van der Waals surface area (Å²) in [6.07, 6.45) is 2.94. The molecule has 1 aromatic carbocycles. The quantitative estimate of drug-likeness (QED) is 0.936. The standard InChI is InChI=1S/C16H20N2O2S/c1-10(16-9-17-11(2)21-16)18-14-6-7-20-15-8-12(19-3)4-5-13(14)15/h4-5,8-10,14,18H,6-7H2,1-3H3/t10-,14+/m0/s1. The number of hydrogen-bond donors (Lipinski definition) is 1. The van der Waals surface area contributed by atoms with Gasteiger partial charge in [0, 0.05) is 41.2 Å². The molecule has 0 fully saturated rings. The number of ether oxygens (including phenoxy) is 2. The zero-order valence-corrected chi connectivity index (χ0v) is 13.4. The molecular formula is C16H20N2O2S. The van der Waals surface area contributed by atoms with Crippen LogP contribution in [-0.2, 0) is 0 Å². The van der Waals surface area contributed by atoms with Crippen LogP contribution in [0, 0.1) is 6.92 Å². The Bertz CT molecular complexity index is 626. The molecule has 5 heteroatoms. The molecule has 0 unspecified atom stereocenters. The average molecular weight is 304 g/mol. The second-order valence-corrected chi connectivity index (χ2v) is 6.53. The van der Waals surface area contributed by atoms with Gasteiger partial charge in [-0.15, -0.1) is 11.3 Å². The molecule has 0 radical (unpaired) electrons. The van der Waals surface area contributed by atoms with E-state index >= 15 is 0 Å². The maximum atomic E-state index is 5.76. The fraction of sp³-hybridized carbons (Fsp3) is 0.438. The molecule has 2 atom stereocenters. The maximum Gasteiger partial charge on any atom is 0.127 e. The molecule has 1 aromatic heterocycles. The molecule has 2 heterocycles. The van der Waals surface area contributed by atoms with E-state index in [2.05, 4.69) is 23.3 Å². The van der Waals surface area contributed by atoms with E-state index in [9.17, 15) is 0 Å². The smallest absolute Gasteiger partial charge is 0.127 e. The summed E-state index contributed by atoms with van der Waals surface area (Å²) in [5.41, 5.74) is 1.20. The van der Waals surface area contributed by atoms with Crippen LogP contribution < -0.4 is 14.8 Å². The molecule has 0 saturated carbocycles. The van der Waals surface area contributed by atoms with Gasteiger partial charge in [-0.1, -0.05) is 6.07 Å². The van der Waals surface area contributed by atoms with E-state index in [1.54, 1.807) is 18.4 Å². The Kier molecular flexibility index (Phi) is 4.12. The first kappa shape index (κ1) is 14.4. The fourth-order valence-electron chi connectivity index (χ4n) is 2.63. The van der Waals surface area contributed by atoms with Gasteiger partial charge in [0.25, 0.3) is 0 Å². The van der Waals surface area contributed by atoms with Gasteiger partial charge in [-0.2, -0.15) is 0 Å². The summed E-state index contributed by atoms with van der Waals surface area (Å²) < 4.78 is 11.0. The van der Waals surface area contributed by atoms with Crippen LogP contribution in [0.4, 0.5) is 0 Å². The van der Waals surface area contributed by atoms with Gasteiger partial charge in [-0.3, -0.25) is 0 Å². The van der Waals surface area contributed by atoms with E-state index in [-0.39, 0.29) is 6.04 Å². The van der Waals surface area contributed by atoms with E-state index in [1.165, 1.54) is 10.4 Å². The van der Waals surface area contributed by atoms with Gasteiger partial charge in [0.1, 0.15) is 11.5 Å². The largest absolute Gasteiger partial charge is 0.497 e. The lowest BCUT2D eigenvalue weighted by Gasteiger charge is -2.29. The van der Waals surface area contributed by atoms with Gasteiger partial charge < -0.3 is 14.8 Å². The van der Waals surface area contributed by atoms with Crippen LogP contribution in [-0.4, -0.2) is 18.7 Å². The lowest BCUT2D eigenvalue weighted by Crippen LogP contribution is -2.29. The Labute approximate surface area is 129 Å². The van der Waals surface area contributed by atoms with Crippen LogP contribution in [0.5, 0.6) is 11.5 Å². The first-order valence-corrected chi connectivity index (χ1v) is 7.98. The minimum Gasteiger partial charge on any atom is -0.497 e. The molecule has 112 valence electrons. The number of aryl methyl sites for hydroxylation is 1. The minimum atomic E-state index is 0.286. The monoisotopic (exact) mass is 304 g/mol. The highest BCUT2D eigenvalue weighted by Crippen LogP contribution is 2.36. The van der Waals surface area contributed by atoms with Gasteiger partial charge in [-0.25, -0.2) is 4.98 Å². The van der Waals surface area contributed by atoms with Gasteiger partial charge >= 0.3 is 0 Å². The van der Waals surface area contributed by atoms with Crippen molar-refractivity contribution < 1.29 is 9.47 Å². The van der Waals surface area contributed by atoms with Gasteiger partial charge in [0.05, 0.1) is 18.7 Å². The van der Waals surface area contributed by atoms with Crippen molar-refractivity contribution in [1.82, 2.24) is 10.3 Å². The zero-order chi connectivity index (χ0) is 14.8. The molecule has 2 aromatic rings. The highest BCUT2D eigenvalue weighted by atomic mass is 32.1. The molecule has 21 heavy (non-hydrogen) atoms. The molecule has 0 spiro atoms. The molecule has 1 N–H and O–H groups in total. The van der Waals surface area contributed by atoms with E-state index in [4.69, 9.17) is 9.47 Å². The molecule has 4 nitrogen and oxygen atoms in total. The summed E-state index contributed by atoms with van der Waals surface area (Å²) in [5, 5.41) is 4.80. The molecular weight excluding hydrogens is 284 g/mol. The van der Waals surface area contributed by atoms with Crippen molar-refractivity contribution in [1.29, 1.82) is 0 Å². The minimum absolute atomic E-state index is 0.286. The van der Waals surface area contributed by atoms with Crippen molar-refractivity contribution in [2.45, 2.75) is 32.4 Å². The Morgan fingerprint density at radius 3 is 3.05 bits per heavy atom. The average Bonchev–Trinajstić information content (AvgIpc) is 2.93. The third kappa shape index (κ3) is 3.04. The normalized spacial score (nSPS) is 18.7.